The van der Waals surface area contributed by atoms with Gasteiger partial charge in [-0.25, -0.2) is 6.61 Å². The quantitative estimate of drug-likeness (QED) is 0.148. The Balaban J connectivity index is -0.000000123. The van der Waals surface area contributed by atoms with E-state index in [1.807, 2.05) is 0 Å². The molecule has 0 spiro atoms. The van der Waals surface area contributed by atoms with Gasteiger partial charge in [-0.15, -0.1) is 25.5 Å². The molecule has 21 heavy (non-hydrogen) atoms. The summed E-state index contributed by atoms with van der Waals surface area (Å²) in [5, 5.41) is 8.85. The van der Waals surface area contributed by atoms with Crippen molar-refractivity contribution in [3.8, 4) is 0 Å². The first-order valence-electron chi connectivity index (χ1n) is 5.98. The van der Waals surface area contributed by atoms with Crippen LogP contribution in [0.4, 0.5) is 0 Å². The van der Waals surface area contributed by atoms with Crippen LogP contribution in [0.3, 0.4) is 0 Å². The van der Waals surface area contributed by atoms with E-state index in [2.05, 4.69) is 6.92 Å². The Labute approximate surface area is 172 Å². The van der Waals surface area contributed by atoms with Crippen molar-refractivity contribution in [1.82, 2.24) is 0 Å². The molecule has 5 N–H and O–H groups in total. The minimum atomic E-state index is -2.87. The molecule has 1 atom stereocenters. The summed E-state index contributed by atoms with van der Waals surface area (Å²) in [5.41, 5.74) is 0. The summed E-state index contributed by atoms with van der Waals surface area (Å²) in [5.74, 6) is 1.16. The van der Waals surface area contributed by atoms with E-state index in [-0.39, 0.29) is 59.1 Å². The summed E-state index contributed by atoms with van der Waals surface area (Å²) in [4.78, 5) is 28.5. The van der Waals surface area contributed by atoms with E-state index in [0.29, 0.717) is 5.92 Å². The fourth-order valence-electron chi connectivity index (χ4n) is 1.96. The fourth-order valence-corrected chi connectivity index (χ4v) is 1.96. The Kier molecular flexibility index (Phi) is 32.3. The zero-order valence-electron chi connectivity index (χ0n) is 12.9. The van der Waals surface area contributed by atoms with E-state index in [9.17, 15) is 0 Å². The molecule has 0 bridgehead atoms. The number of hydrogen-bond acceptors (Lipinski definition) is 3. The number of hydrogen-bond donors (Lipinski definition) is 5. The monoisotopic (exact) mass is 363 g/mol. The van der Waals surface area contributed by atoms with Crippen molar-refractivity contribution in [1.29, 1.82) is 0 Å². The summed E-state index contributed by atoms with van der Waals surface area (Å²) < 4.78 is 17.4. The van der Waals surface area contributed by atoms with Crippen LogP contribution in [-0.4, -0.2) is 24.7 Å². The first-order chi connectivity index (χ1) is 8.81. The van der Waals surface area contributed by atoms with Crippen molar-refractivity contribution >= 4 is 16.5 Å². The van der Waals surface area contributed by atoms with Gasteiger partial charge in [0.15, 0.2) is 0 Å². The Morgan fingerprint density at radius 3 is 1.43 bits per heavy atom. The second-order valence-electron chi connectivity index (χ2n) is 4.27. The topological polar surface area (TPSA) is 135 Å². The Morgan fingerprint density at radius 2 is 1.19 bits per heavy atom. The Hall–Kier alpha value is 2.00. The van der Waals surface area contributed by atoms with Crippen molar-refractivity contribution in [3.05, 3.63) is 6.61 Å². The second kappa shape index (κ2) is 22.0. The zero-order chi connectivity index (χ0) is 15.3. The molecule has 0 aromatic rings. The SMILES string of the molecule is CC([CH-]O)C1CCCCCC1.O=[P+](O)O.O=[P+](O)O.[Na+].[Na+]. The van der Waals surface area contributed by atoms with Crippen LogP contribution in [0.15, 0.2) is 0 Å². The Morgan fingerprint density at radius 1 is 0.905 bits per heavy atom. The molecule has 0 aliphatic heterocycles. The van der Waals surface area contributed by atoms with Gasteiger partial charge in [-0.3, -0.25) is 0 Å². The summed E-state index contributed by atoms with van der Waals surface area (Å²) >= 11 is 0. The minimum Gasteiger partial charge on any atom is -0.566 e. The molecule has 0 aromatic heterocycles. The normalized spacial score (nSPS) is 15.3. The number of rotatable bonds is 2. The molecule has 1 aliphatic rings. The van der Waals surface area contributed by atoms with Gasteiger partial charge in [-0.1, -0.05) is 51.4 Å². The van der Waals surface area contributed by atoms with Crippen molar-refractivity contribution < 1.29 is 92.9 Å². The number of aliphatic hydroxyl groups excluding tert-OH is 1. The fraction of sp³-hybridized carbons (Fsp3) is 0.900. The van der Waals surface area contributed by atoms with Gasteiger partial charge in [0.25, 0.3) is 0 Å². The first-order valence-corrected chi connectivity index (χ1v) is 8.31. The predicted octanol–water partition coefficient (Wildman–Crippen LogP) is -3.61. The van der Waals surface area contributed by atoms with E-state index in [1.54, 1.807) is 0 Å². The van der Waals surface area contributed by atoms with Gasteiger partial charge in [-0.2, -0.15) is 0 Å². The summed E-state index contributed by atoms with van der Waals surface area (Å²) in [7, 11) is -5.74. The summed E-state index contributed by atoms with van der Waals surface area (Å²) in [6.07, 6.45) is 8.16. The average Bonchev–Trinajstić information content (AvgIpc) is 2.55. The minimum absolute atomic E-state index is 0. The van der Waals surface area contributed by atoms with Gasteiger partial charge in [0.05, 0.1) is 0 Å². The van der Waals surface area contributed by atoms with E-state index in [4.69, 9.17) is 33.8 Å². The van der Waals surface area contributed by atoms with Crippen LogP contribution in [0.2, 0.25) is 0 Å². The van der Waals surface area contributed by atoms with Crippen molar-refractivity contribution in [2.75, 3.05) is 0 Å². The van der Waals surface area contributed by atoms with Gasteiger partial charge in [-0.05, 0) is 0 Å². The van der Waals surface area contributed by atoms with Gasteiger partial charge in [0.2, 0.25) is 0 Å². The molecule has 11 heteroatoms. The molecule has 0 saturated heterocycles. The van der Waals surface area contributed by atoms with Crippen molar-refractivity contribution in [2.24, 2.45) is 11.8 Å². The van der Waals surface area contributed by atoms with Crippen LogP contribution >= 0.6 is 16.5 Å². The van der Waals surface area contributed by atoms with Gasteiger partial charge in [0, 0.05) is 9.13 Å². The third-order valence-electron chi connectivity index (χ3n) is 2.88. The van der Waals surface area contributed by atoms with Gasteiger partial charge < -0.3 is 5.11 Å². The third kappa shape index (κ3) is 30.4. The van der Waals surface area contributed by atoms with Crippen LogP contribution in [0.5, 0.6) is 0 Å². The molecule has 0 amide bonds. The van der Waals surface area contributed by atoms with Gasteiger partial charge >= 0.3 is 75.6 Å². The zero-order valence-corrected chi connectivity index (χ0v) is 18.7. The summed E-state index contributed by atoms with van der Waals surface area (Å²) in [6, 6.07) is 0. The molecule has 114 valence electrons. The third-order valence-corrected chi connectivity index (χ3v) is 2.88. The van der Waals surface area contributed by atoms with Crippen LogP contribution in [0, 0.1) is 18.4 Å². The smallest absolute Gasteiger partial charge is 0.566 e. The molecule has 1 aliphatic carbocycles. The van der Waals surface area contributed by atoms with Crippen LogP contribution in [0.1, 0.15) is 45.4 Å². The number of aliphatic hydroxyl groups is 1. The predicted molar refractivity (Wildman–Crippen MR) is 70.7 cm³/mol. The molecule has 1 unspecified atom stereocenters. The van der Waals surface area contributed by atoms with Crippen LogP contribution in [0.25, 0.3) is 0 Å². The van der Waals surface area contributed by atoms with E-state index >= 15 is 0 Å². The van der Waals surface area contributed by atoms with Crippen molar-refractivity contribution in [2.45, 2.75) is 45.4 Å². The van der Waals surface area contributed by atoms with Gasteiger partial charge in [0.1, 0.15) is 0 Å². The second-order valence-corrected chi connectivity index (χ2v) is 5.28. The molecule has 7 nitrogen and oxygen atoms in total. The molecular formula is C10H23Na2O7P2+3. The maximum Gasteiger partial charge on any atom is 1.00 e. The summed E-state index contributed by atoms with van der Waals surface area (Å²) in [6.45, 7) is 3.49. The molecular weight excluding hydrogens is 340 g/mol. The standard InChI is InChI=1S/C10H19O.2Na.2HO3P/c1-9(8-11)10-6-4-2-3-5-7-10;;;2*1-4(2)3/h8-11H,2-7H2,1H3;;;2*(H-,1,2,3)/q-1;2*+1;;/p+2. The molecule has 0 radical (unpaired) electrons. The largest absolute Gasteiger partial charge is 1.00 e. The molecule has 0 aromatic carbocycles. The van der Waals surface area contributed by atoms with Crippen LogP contribution < -0.4 is 59.1 Å². The van der Waals surface area contributed by atoms with Crippen molar-refractivity contribution in [3.63, 3.8) is 0 Å². The molecule has 0 heterocycles. The maximum absolute atomic E-state index is 8.85. The Bertz CT molecular complexity index is 232. The van der Waals surface area contributed by atoms with E-state index in [0.717, 1.165) is 5.92 Å². The molecule has 1 saturated carbocycles. The molecule has 1 fully saturated rings. The van der Waals surface area contributed by atoms with Crippen LogP contribution in [-0.2, 0) is 9.13 Å². The van der Waals surface area contributed by atoms with E-state index in [1.165, 1.54) is 45.1 Å². The van der Waals surface area contributed by atoms with E-state index < -0.39 is 16.5 Å². The first kappa shape index (κ1) is 30.8. The molecule has 1 rings (SSSR count). The maximum atomic E-state index is 8.85. The average molecular weight is 363 g/mol.